The van der Waals surface area contributed by atoms with E-state index in [2.05, 4.69) is 4.98 Å². The molecule has 30 heavy (non-hydrogen) atoms. The van der Waals surface area contributed by atoms with Crippen LogP contribution in [0, 0.1) is 17.1 Å². The first-order valence-corrected chi connectivity index (χ1v) is 9.70. The minimum absolute atomic E-state index is 0.270. The Morgan fingerprint density at radius 1 is 1.03 bits per heavy atom. The van der Waals surface area contributed by atoms with Crippen molar-refractivity contribution in [2.24, 2.45) is 0 Å². The van der Waals surface area contributed by atoms with Gasteiger partial charge in [0.1, 0.15) is 11.4 Å². The van der Waals surface area contributed by atoms with Crippen molar-refractivity contribution in [1.29, 1.82) is 5.26 Å². The predicted molar refractivity (Wildman–Crippen MR) is 111 cm³/mol. The summed E-state index contributed by atoms with van der Waals surface area (Å²) in [5, 5.41) is 20.7. The first-order chi connectivity index (χ1) is 14.6. The second-order valence-corrected chi connectivity index (χ2v) is 7.56. The summed E-state index contributed by atoms with van der Waals surface area (Å²) in [7, 11) is 0. The summed E-state index contributed by atoms with van der Waals surface area (Å²) in [6, 6.07) is 23.8. The van der Waals surface area contributed by atoms with Crippen molar-refractivity contribution in [3.05, 3.63) is 114 Å². The molecule has 146 valence electrons. The molecule has 0 amide bonds. The standard InChI is InChI=1S/C25H18FN3O/c26-22-12-17(14-27)6-11-21(22)23-13-25(30,24-15-28-16-29(23)24)20-9-7-19(8-10-20)18-4-2-1-3-5-18/h1-12,15-16,23,30H,13H2/t23-,25-/m1/s1. The molecule has 0 fully saturated rings. The molecule has 0 spiro atoms. The Morgan fingerprint density at radius 2 is 1.77 bits per heavy atom. The molecule has 5 rings (SSSR count). The SMILES string of the molecule is N#Cc1ccc([C@H]2C[C@@](O)(c3ccc(-c4ccccc4)cc3)c3cncn32)c(F)c1. The highest BCUT2D eigenvalue weighted by atomic mass is 19.1. The second kappa shape index (κ2) is 6.94. The molecule has 1 aliphatic rings. The van der Waals surface area contributed by atoms with Crippen LogP contribution in [-0.2, 0) is 5.60 Å². The lowest BCUT2D eigenvalue weighted by molar-refractivity contribution is 0.0792. The first-order valence-electron chi connectivity index (χ1n) is 9.70. The number of hydrogen-bond donors (Lipinski definition) is 1. The summed E-state index contributed by atoms with van der Waals surface area (Å²) in [5.74, 6) is -0.456. The minimum Gasteiger partial charge on any atom is -0.379 e. The summed E-state index contributed by atoms with van der Waals surface area (Å²) in [4.78, 5) is 4.20. The summed E-state index contributed by atoms with van der Waals surface area (Å²) < 4.78 is 16.5. The second-order valence-electron chi connectivity index (χ2n) is 7.56. The topological polar surface area (TPSA) is 61.8 Å². The third kappa shape index (κ3) is 2.81. The van der Waals surface area contributed by atoms with Gasteiger partial charge in [0.2, 0.25) is 0 Å². The minimum atomic E-state index is -1.28. The van der Waals surface area contributed by atoms with Crippen LogP contribution in [0.3, 0.4) is 0 Å². The van der Waals surface area contributed by atoms with E-state index in [0.717, 1.165) is 16.7 Å². The fourth-order valence-corrected chi connectivity index (χ4v) is 4.32. The van der Waals surface area contributed by atoms with Gasteiger partial charge in [0, 0.05) is 12.0 Å². The van der Waals surface area contributed by atoms with Gasteiger partial charge in [-0.1, -0.05) is 60.7 Å². The number of nitriles is 1. The number of aliphatic hydroxyl groups is 1. The smallest absolute Gasteiger partial charge is 0.133 e. The molecule has 3 aromatic carbocycles. The highest BCUT2D eigenvalue weighted by molar-refractivity contribution is 5.64. The third-order valence-corrected chi connectivity index (χ3v) is 5.87. The van der Waals surface area contributed by atoms with Crippen molar-refractivity contribution >= 4 is 0 Å². The van der Waals surface area contributed by atoms with Crippen molar-refractivity contribution in [3.63, 3.8) is 0 Å². The Hall–Kier alpha value is -3.75. The molecule has 1 aromatic heterocycles. The van der Waals surface area contributed by atoms with Gasteiger partial charge in [-0.05, 0) is 28.8 Å². The van der Waals surface area contributed by atoms with Crippen LogP contribution in [0.15, 0.2) is 85.3 Å². The van der Waals surface area contributed by atoms with Crippen molar-refractivity contribution in [2.75, 3.05) is 0 Å². The molecule has 0 unspecified atom stereocenters. The molecule has 1 aliphatic heterocycles. The predicted octanol–water partition coefficient (Wildman–Crippen LogP) is 4.79. The van der Waals surface area contributed by atoms with E-state index < -0.39 is 17.5 Å². The number of imidazole rings is 1. The number of fused-ring (bicyclic) bond motifs is 1. The van der Waals surface area contributed by atoms with Crippen molar-refractivity contribution < 1.29 is 9.50 Å². The maximum Gasteiger partial charge on any atom is 0.133 e. The van der Waals surface area contributed by atoms with Crippen LogP contribution in [-0.4, -0.2) is 14.7 Å². The molecule has 4 nitrogen and oxygen atoms in total. The molecule has 5 heteroatoms. The molecule has 0 bridgehead atoms. The Kier molecular flexibility index (Phi) is 4.23. The zero-order chi connectivity index (χ0) is 20.7. The van der Waals surface area contributed by atoms with E-state index in [0.29, 0.717) is 17.7 Å². The van der Waals surface area contributed by atoms with Gasteiger partial charge in [0.25, 0.3) is 0 Å². The largest absolute Gasteiger partial charge is 0.379 e. The normalized spacial score (nSPS) is 20.0. The summed E-state index contributed by atoms with van der Waals surface area (Å²) in [6.07, 6.45) is 3.54. The molecule has 2 heterocycles. The molecule has 0 aliphatic carbocycles. The quantitative estimate of drug-likeness (QED) is 0.543. The third-order valence-electron chi connectivity index (χ3n) is 5.87. The van der Waals surface area contributed by atoms with Gasteiger partial charge in [0.15, 0.2) is 0 Å². The highest BCUT2D eigenvalue weighted by Gasteiger charge is 2.45. The van der Waals surface area contributed by atoms with Gasteiger partial charge in [-0.25, -0.2) is 9.37 Å². The van der Waals surface area contributed by atoms with Crippen LogP contribution < -0.4 is 0 Å². The molecular weight excluding hydrogens is 377 g/mol. The van der Waals surface area contributed by atoms with Crippen LogP contribution in [0.2, 0.25) is 0 Å². The number of aromatic nitrogens is 2. The van der Waals surface area contributed by atoms with Gasteiger partial charge in [-0.15, -0.1) is 0 Å². The summed E-state index contributed by atoms with van der Waals surface area (Å²) in [6.45, 7) is 0. The number of nitrogens with zero attached hydrogens (tertiary/aromatic N) is 3. The number of rotatable bonds is 3. The monoisotopic (exact) mass is 395 g/mol. The van der Waals surface area contributed by atoms with E-state index in [1.165, 1.54) is 6.07 Å². The molecule has 0 saturated carbocycles. The number of hydrogen-bond acceptors (Lipinski definition) is 3. The average Bonchev–Trinajstić information content (AvgIpc) is 3.38. The van der Waals surface area contributed by atoms with Gasteiger partial charge in [-0.3, -0.25) is 0 Å². The van der Waals surface area contributed by atoms with E-state index in [1.807, 2.05) is 65.2 Å². The van der Waals surface area contributed by atoms with Gasteiger partial charge in [-0.2, -0.15) is 5.26 Å². The maximum absolute atomic E-state index is 14.7. The Labute approximate surface area is 173 Å². The molecule has 4 aromatic rings. The van der Waals surface area contributed by atoms with Crippen LogP contribution in [0.1, 0.15) is 34.8 Å². The summed E-state index contributed by atoms with van der Waals surface area (Å²) >= 11 is 0. The van der Waals surface area contributed by atoms with E-state index in [1.54, 1.807) is 24.7 Å². The summed E-state index contributed by atoms with van der Waals surface area (Å²) in [5.41, 5.74) is 2.95. The van der Waals surface area contributed by atoms with Crippen LogP contribution in [0.25, 0.3) is 11.1 Å². The van der Waals surface area contributed by atoms with E-state index in [-0.39, 0.29) is 5.56 Å². The fourth-order valence-electron chi connectivity index (χ4n) is 4.32. The van der Waals surface area contributed by atoms with Gasteiger partial charge in [0.05, 0.1) is 35.9 Å². The lowest BCUT2D eigenvalue weighted by Gasteiger charge is -2.23. The Bertz CT molecular complexity index is 1260. The number of benzene rings is 3. The zero-order valence-electron chi connectivity index (χ0n) is 16.0. The Balaban J connectivity index is 1.53. The zero-order valence-corrected chi connectivity index (χ0v) is 16.0. The fraction of sp³-hybridized carbons (Fsp3) is 0.120. The van der Waals surface area contributed by atoms with Crippen molar-refractivity contribution in [2.45, 2.75) is 18.1 Å². The molecule has 2 atom stereocenters. The van der Waals surface area contributed by atoms with Gasteiger partial charge >= 0.3 is 0 Å². The van der Waals surface area contributed by atoms with Crippen molar-refractivity contribution in [3.8, 4) is 17.2 Å². The van der Waals surface area contributed by atoms with Crippen LogP contribution in [0.5, 0.6) is 0 Å². The molecule has 1 N–H and O–H groups in total. The molecule has 0 radical (unpaired) electrons. The van der Waals surface area contributed by atoms with E-state index in [9.17, 15) is 9.50 Å². The first kappa shape index (κ1) is 18.3. The maximum atomic E-state index is 14.7. The van der Waals surface area contributed by atoms with Crippen LogP contribution >= 0.6 is 0 Å². The van der Waals surface area contributed by atoms with Crippen LogP contribution in [0.4, 0.5) is 4.39 Å². The highest BCUT2D eigenvalue weighted by Crippen LogP contribution is 2.47. The lowest BCUT2D eigenvalue weighted by atomic mass is 9.86. The van der Waals surface area contributed by atoms with E-state index in [4.69, 9.17) is 5.26 Å². The lowest BCUT2D eigenvalue weighted by Crippen LogP contribution is -2.24. The average molecular weight is 395 g/mol. The Morgan fingerprint density at radius 3 is 2.47 bits per heavy atom. The molecular formula is C25H18FN3O. The molecule has 0 saturated heterocycles. The van der Waals surface area contributed by atoms with E-state index >= 15 is 0 Å². The number of halogens is 1. The van der Waals surface area contributed by atoms with Crippen molar-refractivity contribution in [1.82, 2.24) is 9.55 Å². The van der Waals surface area contributed by atoms with Gasteiger partial charge < -0.3 is 9.67 Å².